The summed E-state index contributed by atoms with van der Waals surface area (Å²) < 4.78 is 26.7. The van der Waals surface area contributed by atoms with E-state index >= 15 is 0 Å². The molecule has 0 heterocycles. The molecule has 0 radical (unpaired) electrons. The van der Waals surface area contributed by atoms with Gasteiger partial charge < -0.3 is 5.73 Å². The van der Waals surface area contributed by atoms with Crippen LogP contribution in [0.15, 0.2) is 28.0 Å². The molecule has 0 atom stereocenters. The highest BCUT2D eigenvalue weighted by atomic mass is 35.5. The number of rotatable bonds is 5. The monoisotopic (exact) mass is 320 g/mol. The number of hydrogen-bond donors (Lipinski definition) is 1. The SMILES string of the molecule is CCCC(N)=NS(=O)(=O)C=Cc1ccc(Cl)c(Cl)c1. The van der Waals surface area contributed by atoms with Crippen LogP contribution in [0, 0.1) is 0 Å². The molecule has 0 amide bonds. The van der Waals surface area contributed by atoms with Crippen molar-refractivity contribution in [2.75, 3.05) is 0 Å². The van der Waals surface area contributed by atoms with Crippen LogP contribution in [0.3, 0.4) is 0 Å². The van der Waals surface area contributed by atoms with Crippen molar-refractivity contribution in [2.45, 2.75) is 19.8 Å². The van der Waals surface area contributed by atoms with Crippen LogP contribution < -0.4 is 5.73 Å². The predicted octanol–water partition coefficient (Wildman–Crippen LogP) is 3.45. The number of sulfonamides is 1. The van der Waals surface area contributed by atoms with Gasteiger partial charge in [0.1, 0.15) is 5.84 Å². The van der Waals surface area contributed by atoms with Crippen molar-refractivity contribution in [2.24, 2.45) is 10.1 Å². The third kappa shape index (κ3) is 5.63. The zero-order valence-corrected chi connectivity index (χ0v) is 12.6. The Labute approximate surface area is 123 Å². The van der Waals surface area contributed by atoms with Gasteiger partial charge in [0.25, 0.3) is 10.0 Å². The van der Waals surface area contributed by atoms with Crippen LogP contribution in [0.5, 0.6) is 0 Å². The van der Waals surface area contributed by atoms with Gasteiger partial charge in [0, 0.05) is 6.42 Å². The zero-order valence-electron chi connectivity index (χ0n) is 10.3. The maximum atomic E-state index is 11.6. The van der Waals surface area contributed by atoms with Crippen LogP contribution in [-0.4, -0.2) is 14.3 Å². The van der Waals surface area contributed by atoms with Gasteiger partial charge in [-0.2, -0.15) is 8.42 Å². The smallest absolute Gasteiger partial charge is 0.277 e. The molecular formula is C12H14Cl2N2O2S. The molecule has 1 rings (SSSR count). The van der Waals surface area contributed by atoms with Crippen LogP contribution >= 0.6 is 23.2 Å². The molecule has 0 saturated heterocycles. The van der Waals surface area contributed by atoms with E-state index in [1.54, 1.807) is 18.2 Å². The molecule has 0 aliphatic rings. The third-order valence-corrected chi connectivity index (χ3v) is 3.83. The second kappa shape index (κ2) is 6.93. The van der Waals surface area contributed by atoms with Crippen LogP contribution in [0.1, 0.15) is 25.3 Å². The van der Waals surface area contributed by atoms with E-state index in [9.17, 15) is 8.42 Å². The molecular weight excluding hydrogens is 307 g/mol. The van der Waals surface area contributed by atoms with Gasteiger partial charge in [0.05, 0.1) is 15.5 Å². The number of nitrogens with zero attached hydrogens (tertiary/aromatic N) is 1. The van der Waals surface area contributed by atoms with E-state index in [1.807, 2.05) is 6.92 Å². The van der Waals surface area contributed by atoms with Crippen molar-refractivity contribution >= 4 is 45.1 Å². The normalized spacial score (nSPS) is 13.1. The van der Waals surface area contributed by atoms with E-state index in [4.69, 9.17) is 28.9 Å². The van der Waals surface area contributed by atoms with Crippen LogP contribution in [0.4, 0.5) is 0 Å². The quantitative estimate of drug-likeness (QED) is 0.667. The fourth-order valence-corrected chi connectivity index (χ4v) is 2.39. The largest absolute Gasteiger partial charge is 0.386 e. The summed E-state index contributed by atoms with van der Waals surface area (Å²) in [6.07, 6.45) is 2.57. The minimum atomic E-state index is -3.72. The molecule has 0 aromatic heterocycles. The molecule has 0 aliphatic heterocycles. The zero-order chi connectivity index (χ0) is 14.5. The number of hydrogen-bond acceptors (Lipinski definition) is 2. The van der Waals surface area contributed by atoms with Crippen molar-refractivity contribution in [3.05, 3.63) is 39.2 Å². The van der Waals surface area contributed by atoms with Crippen molar-refractivity contribution < 1.29 is 8.42 Å². The second-order valence-corrected chi connectivity index (χ2v) is 6.12. The summed E-state index contributed by atoms with van der Waals surface area (Å²) in [5.74, 6) is 0.0984. The Morgan fingerprint density at radius 3 is 2.63 bits per heavy atom. The third-order valence-electron chi connectivity index (χ3n) is 2.13. The van der Waals surface area contributed by atoms with Gasteiger partial charge >= 0.3 is 0 Å². The summed E-state index contributed by atoms with van der Waals surface area (Å²) in [6.45, 7) is 1.89. The summed E-state index contributed by atoms with van der Waals surface area (Å²) in [6, 6.07) is 4.80. The lowest BCUT2D eigenvalue weighted by atomic mass is 10.2. The van der Waals surface area contributed by atoms with E-state index in [2.05, 4.69) is 4.40 Å². The molecule has 2 N–H and O–H groups in total. The molecule has 104 valence electrons. The molecule has 19 heavy (non-hydrogen) atoms. The van der Waals surface area contributed by atoms with Crippen molar-refractivity contribution in [3.8, 4) is 0 Å². The molecule has 0 saturated carbocycles. The maximum Gasteiger partial charge on any atom is 0.277 e. The Balaban J connectivity index is 2.91. The molecule has 4 nitrogen and oxygen atoms in total. The molecule has 1 aromatic rings. The van der Waals surface area contributed by atoms with Crippen LogP contribution in [-0.2, 0) is 10.0 Å². The van der Waals surface area contributed by atoms with E-state index in [0.29, 0.717) is 22.0 Å². The Bertz CT molecular complexity index is 610. The van der Waals surface area contributed by atoms with Crippen molar-refractivity contribution in [1.82, 2.24) is 0 Å². The van der Waals surface area contributed by atoms with Gasteiger partial charge in [0.2, 0.25) is 0 Å². The Kier molecular flexibility index (Phi) is 5.85. The summed E-state index contributed by atoms with van der Waals surface area (Å²) >= 11 is 11.6. The van der Waals surface area contributed by atoms with Gasteiger partial charge in [-0.25, -0.2) is 0 Å². The highest BCUT2D eigenvalue weighted by Gasteiger charge is 2.04. The standard InChI is InChI=1S/C12H14Cl2N2O2S/c1-2-3-12(15)16-19(17,18)7-6-9-4-5-10(13)11(14)8-9/h4-8H,2-3H2,1H3,(H2,15,16). The highest BCUT2D eigenvalue weighted by Crippen LogP contribution is 2.23. The fraction of sp³-hybridized carbons (Fsp3) is 0.250. The minimum Gasteiger partial charge on any atom is -0.386 e. The lowest BCUT2D eigenvalue weighted by Crippen LogP contribution is -2.13. The number of halogens is 2. The highest BCUT2D eigenvalue weighted by molar-refractivity contribution is 7.93. The second-order valence-electron chi connectivity index (χ2n) is 3.82. The predicted molar refractivity (Wildman–Crippen MR) is 80.9 cm³/mol. The lowest BCUT2D eigenvalue weighted by molar-refractivity contribution is 0.606. The molecule has 7 heteroatoms. The van der Waals surface area contributed by atoms with Gasteiger partial charge in [-0.15, -0.1) is 4.40 Å². The first-order chi connectivity index (χ1) is 8.84. The molecule has 0 fully saturated rings. The first-order valence-electron chi connectivity index (χ1n) is 5.56. The Morgan fingerprint density at radius 2 is 2.05 bits per heavy atom. The first kappa shape index (κ1) is 16.0. The molecule has 0 spiro atoms. The topological polar surface area (TPSA) is 72.5 Å². The first-order valence-corrected chi connectivity index (χ1v) is 7.82. The van der Waals surface area contributed by atoms with E-state index in [-0.39, 0.29) is 5.84 Å². The maximum absolute atomic E-state index is 11.6. The molecule has 1 aromatic carbocycles. The van der Waals surface area contributed by atoms with Crippen LogP contribution in [0.2, 0.25) is 10.0 Å². The molecule has 0 unspecified atom stereocenters. The van der Waals surface area contributed by atoms with Gasteiger partial charge in [-0.1, -0.05) is 36.2 Å². The summed E-state index contributed by atoms with van der Waals surface area (Å²) in [5, 5.41) is 1.75. The van der Waals surface area contributed by atoms with Crippen LogP contribution in [0.25, 0.3) is 6.08 Å². The fourth-order valence-electron chi connectivity index (χ4n) is 1.28. The minimum absolute atomic E-state index is 0.0984. The average molecular weight is 321 g/mol. The van der Waals surface area contributed by atoms with Crippen molar-refractivity contribution in [3.63, 3.8) is 0 Å². The Hall–Kier alpha value is -1.04. The lowest BCUT2D eigenvalue weighted by Gasteiger charge is -1.98. The molecule has 0 aliphatic carbocycles. The number of benzene rings is 1. The summed E-state index contributed by atoms with van der Waals surface area (Å²) in [7, 11) is -3.72. The van der Waals surface area contributed by atoms with E-state index < -0.39 is 10.0 Å². The number of amidine groups is 1. The average Bonchev–Trinajstić information content (AvgIpc) is 2.30. The Morgan fingerprint density at radius 1 is 1.37 bits per heavy atom. The van der Waals surface area contributed by atoms with E-state index in [1.165, 1.54) is 6.08 Å². The summed E-state index contributed by atoms with van der Waals surface area (Å²) in [5.41, 5.74) is 6.09. The number of nitrogens with two attached hydrogens (primary N) is 1. The summed E-state index contributed by atoms with van der Waals surface area (Å²) in [4.78, 5) is 0. The van der Waals surface area contributed by atoms with Gasteiger partial charge in [-0.05, 0) is 30.2 Å². The van der Waals surface area contributed by atoms with E-state index in [0.717, 1.165) is 11.8 Å². The van der Waals surface area contributed by atoms with Crippen molar-refractivity contribution in [1.29, 1.82) is 0 Å². The van der Waals surface area contributed by atoms with Gasteiger partial charge in [0.15, 0.2) is 0 Å². The molecule has 0 bridgehead atoms. The van der Waals surface area contributed by atoms with Gasteiger partial charge in [-0.3, -0.25) is 0 Å².